The van der Waals surface area contributed by atoms with E-state index in [0.717, 1.165) is 27.6 Å². The molecule has 0 N–H and O–H groups in total. The predicted molar refractivity (Wildman–Crippen MR) is 249 cm³/mol. The Kier molecular flexibility index (Phi) is 9.41. The molecule has 0 aliphatic rings. The SMILES string of the molecule is [C-]#[N+]c1cc(C#N)cc(-c2ccc3c4ccccc4n(-c4cc(C#N)cc(-n5c6ccccc6c6ccc(-c7cc(C#N)cc([N+]#[C-])c7)cc65)c4-c4c([N+]#[C-])cccc4C(F)(F)F)c3c2)c1. The van der Waals surface area contributed by atoms with Crippen LogP contribution in [-0.4, -0.2) is 9.13 Å². The first-order valence-corrected chi connectivity index (χ1v) is 20.2. The number of hydrogen-bond acceptors (Lipinski definition) is 3. The highest BCUT2D eigenvalue weighted by Crippen LogP contribution is 2.50. The zero-order valence-electron chi connectivity index (χ0n) is 34.1. The number of rotatable bonds is 5. The number of hydrogen-bond donors (Lipinski definition) is 0. The lowest BCUT2D eigenvalue weighted by Crippen LogP contribution is -2.11. The van der Waals surface area contributed by atoms with Gasteiger partial charge in [0.15, 0.2) is 17.1 Å². The van der Waals surface area contributed by atoms with Crippen molar-refractivity contribution in [1.29, 1.82) is 15.8 Å². The first-order chi connectivity index (χ1) is 32.1. The average Bonchev–Trinajstić information content (AvgIpc) is 3.87. The third-order valence-electron chi connectivity index (χ3n) is 11.8. The van der Waals surface area contributed by atoms with Gasteiger partial charge in [0.25, 0.3) is 0 Å². The molecule has 2 aromatic heterocycles. The Morgan fingerprint density at radius 3 is 1.32 bits per heavy atom. The van der Waals surface area contributed by atoms with Crippen molar-refractivity contribution < 1.29 is 13.2 Å². The molecular weight excluding hydrogens is 830 g/mol. The van der Waals surface area contributed by atoms with Crippen molar-refractivity contribution in [3.05, 3.63) is 208 Å². The van der Waals surface area contributed by atoms with Crippen molar-refractivity contribution in [2.75, 3.05) is 0 Å². The summed E-state index contributed by atoms with van der Waals surface area (Å²) in [5.74, 6) is 0. The number of aromatic nitrogens is 2. The Bertz CT molecular complexity index is 3740. The van der Waals surface area contributed by atoms with E-state index in [1.54, 1.807) is 36.4 Å². The number of halogens is 3. The molecule has 0 saturated heterocycles. The van der Waals surface area contributed by atoms with E-state index in [9.17, 15) is 15.8 Å². The third-order valence-corrected chi connectivity index (χ3v) is 11.8. The minimum absolute atomic E-state index is 0.0255. The summed E-state index contributed by atoms with van der Waals surface area (Å²) in [4.78, 5) is 10.8. The van der Waals surface area contributed by atoms with E-state index in [4.69, 9.17) is 19.7 Å². The summed E-state index contributed by atoms with van der Waals surface area (Å²) < 4.78 is 50.5. The number of fused-ring (bicyclic) bond motifs is 6. The highest BCUT2D eigenvalue weighted by atomic mass is 19.4. The normalized spacial score (nSPS) is 11.2. The van der Waals surface area contributed by atoms with Crippen LogP contribution in [0.25, 0.3) is 103 Å². The lowest BCUT2D eigenvalue weighted by Gasteiger charge is -2.24. The summed E-state index contributed by atoms with van der Waals surface area (Å²) >= 11 is 0. The Balaban J connectivity index is 1.40. The molecule has 0 bridgehead atoms. The highest BCUT2D eigenvalue weighted by Gasteiger charge is 2.37. The van der Waals surface area contributed by atoms with Gasteiger partial charge >= 0.3 is 6.18 Å². The van der Waals surface area contributed by atoms with Crippen LogP contribution < -0.4 is 0 Å². The van der Waals surface area contributed by atoms with Crippen molar-refractivity contribution >= 4 is 60.7 Å². The fourth-order valence-electron chi connectivity index (χ4n) is 9.05. The zero-order chi connectivity index (χ0) is 45.9. The van der Waals surface area contributed by atoms with E-state index in [0.29, 0.717) is 44.3 Å². The number of nitriles is 3. The Morgan fingerprint density at radius 2 is 0.879 bits per heavy atom. The van der Waals surface area contributed by atoms with E-state index in [1.807, 2.05) is 94.1 Å². The van der Waals surface area contributed by atoms with Crippen molar-refractivity contribution in [1.82, 2.24) is 9.13 Å². The maximum Gasteiger partial charge on any atom is 0.415 e. The molecule has 0 radical (unpaired) electrons. The van der Waals surface area contributed by atoms with E-state index in [-0.39, 0.29) is 56.3 Å². The average molecular weight is 855 g/mol. The van der Waals surface area contributed by atoms with Gasteiger partial charge in [-0.1, -0.05) is 78.9 Å². The van der Waals surface area contributed by atoms with Gasteiger partial charge in [0.05, 0.1) is 82.5 Å². The van der Waals surface area contributed by atoms with Gasteiger partial charge in [-0.2, -0.15) is 29.0 Å². The monoisotopic (exact) mass is 854 g/mol. The van der Waals surface area contributed by atoms with Crippen LogP contribution in [-0.2, 0) is 6.18 Å². The predicted octanol–water partition coefficient (Wildman–Crippen LogP) is 15.2. The molecule has 8 aromatic carbocycles. The molecule has 8 nitrogen and oxygen atoms in total. The lowest BCUT2D eigenvalue weighted by molar-refractivity contribution is -0.137. The van der Waals surface area contributed by atoms with Crippen LogP contribution in [0.5, 0.6) is 0 Å². The summed E-state index contributed by atoms with van der Waals surface area (Å²) in [5.41, 5.74) is 4.61. The number of benzene rings is 8. The maximum absolute atomic E-state index is 15.6. The van der Waals surface area contributed by atoms with E-state index in [1.165, 1.54) is 24.3 Å². The van der Waals surface area contributed by atoms with Crippen molar-refractivity contribution in [3.63, 3.8) is 0 Å². The van der Waals surface area contributed by atoms with Gasteiger partial charge < -0.3 is 9.13 Å². The van der Waals surface area contributed by atoms with Crippen molar-refractivity contribution in [2.45, 2.75) is 6.18 Å². The number of nitrogens with zero attached hydrogens (tertiary/aromatic N) is 8. The molecule has 0 unspecified atom stereocenters. The minimum atomic E-state index is -4.93. The number of alkyl halides is 3. The standard InChI is InChI=1S/C55H25F3N8/c1-62-39-21-32(29-59)19-37(25-39)35-15-17-43-41-9-4-6-13-47(41)65(49(43)27-35)51-23-34(31-61)24-52(54(51)53-45(55(56,57)58)11-8-12-46(53)64-3)66-48-14-7-5-10-42(48)44-18-16-36(28-50(44)66)38-20-33(30-60)22-40(26-38)63-2/h4-28H. The molecule has 0 aliphatic heterocycles. The molecule has 10 aromatic rings. The molecule has 0 aliphatic carbocycles. The summed E-state index contributed by atoms with van der Waals surface area (Å²) in [6, 6.07) is 48.8. The first kappa shape index (κ1) is 40.2. The zero-order valence-corrected chi connectivity index (χ0v) is 34.1. The largest absolute Gasteiger partial charge is 0.415 e. The van der Waals surface area contributed by atoms with Crippen LogP contribution in [0, 0.1) is 53.7 Å². The summed E-state index contributed by atoms with van der Waals surface area (Å²) in [7, 11) is 0. The van der Waals surface area contributed by atoms with Crippen LogP contribution in [0.1, 0.15) is 22.3 Å². The van der Waals surface area contributed by atoms with Gasteiger partial charge in [-0.15, -0.1) is 0 Å². The number of para-hydroxylation sites is 2. The smallest absolute Gasteiger partial charge is 0.309 e. The molecule has 66 heavy (non-hydrogen) atoms. The highest BCUT2D eigenvalue weighted by molar-refractivity contribution is 6.13. The summed E-state index contributed by atoms with van der Waals surface area (Å²) in [6.07, 6.45) is -4.93. The summed E-state index contributed by atoms with van der Waals surface area (Å²) in [5, 5.41) is 33.5. The van der Waals surface area contributed by atoms with Gasteiger partial charge in [0.1, 0.15) is 0 Å². The molecule has 2 heterocycles. The van der Waals surface area contributed by atoms with Crippen LogP contribution in [0.4, 0.5) is 30.2 Å². The second kappa shape index (κ2) is 15.5. The van der Waals surface area contributed by atoms with E-state index >= 15 is 13.2 Å². The van der Waals surface area contributed by atoms with Crippen LogP contribution in [0.15, 0.2) is 152 Å². The topological polar surface area (TPSA) is 94.3 Å². The minimum Gasteiger partial charge on any atom is -0.309 e. The molecular formula is C55H25F3N8. The van der Waals surface area contributed by atoms with Gasteiger partial charge in [-0.25, -0.2) is 14.5 Å². The molecule has 0 spiro atoms. The second-order valence-electron chi connectivity index (χ2n) is 15.5. The maximum atomic E-state index is 15.6. The Labute approximate surface area is 374 Å². The lowest BCUT2D eigenvalue weighted by atomic mass is 9.92. The Morgan fingerprint density at radius 1 is 0.424 bits per heavy atom. The fraction of sp³-hybridized carbons (Fsp3) is 0.0182. The molecule has 0 amide bonds. The molecule has 10 rings (SSSR count). The van der Waals surface area contributed by atoms with Gasteiger partial charge in [-0.3, -0.25) is 0 Å². The molecule has 306 valence electrons. The van der Waals surface area contributed by atoms with Crippen molar-refractivity contribution in [3.8, 4) is 63.0 Å². The van der Waals surface area contributed by atoms with Crippen LogP contribution in [0.2, 0.25) is 0 Å². The molecule has 0 saturated carbocycles. The Hall–Kier alpha value is -9.91. The van der Waals surface area contributed by atoms with Gasteiger partial charge in [-0.05, 0) is 95.1 Å². The quantitative estimate of drug-likeness (QED) is 0.161. The van der Waals surface area contributed by atoms with Crippen LogP contribution >= 0.6 is 0 Å². The summed E-state index contributed by atoms with van der Waals surface area (Å²) in [6.45, 7) is 23.7. The van der Waals surface area contributed by atoms with Gasteiger partial charge in [0.2, 0.25) is 0 Å². The molecule has 0 atom stereocenters. The van der Waals surface area contributed by atoms with Crippen LogP contribution in [0.3, 0.4) is 0 Å². The second-order valence-corrected chi connectivity index (χ2v) is 15.5. The fourth-order valence-corrected chi connectivity index (χ4v) is 9.05. The first-order valence-electron chi connectivity index (χ1n) is 20.2. The van der Waals surface area contributed by atoms with Gasteiger partial charge in [0, 0.05) is 43.8 Å². The third kappa shape index (κ3) is 6.42. The van der Waals surface area contributed by atoms with E-state index in [2.05, 4.69) is 32.7 Å². The van der Waals surface area contributed by atoms with Crippen molar-refractivity contribution in [2.24, 2.45) is 0 Å². The van der Waals surface area contributed by atoms with E-state index < -0.39 is 11.7 Å². The molecule has 11 heteroatoms. The molecule has 0 fully saturated rings.